The normalized spacial score (nSPS) is 14.8. The van der Waals surface area contributed by atoms with Crippen LogP contribution in [0.4, 0.5) is 0 Å². The summed E-state index contributed by atoms with van der Waals surface area (Å²) in [6.45, 7) is 3.23. The molecular formula is C50H85O9P. The van der Waals surface area contributed by atoms with Crippen LogP contribution in [0.15, 0.2) is 97.2 Å². The van der Waals surface area contributed by atoms with Gasteiger partial charge in [-0.15, -0.1) is 0 Å². The lowest BCUT2D eigenvalue weighted by Gasteiger charge is -2.20. The van der Waals surface area contributed by atoms with Crippen LogP contribution < -0.4 is 0 Å². The maximum absolute atomic E-state index is 12.6. The van der Waals surface area contributed by atoms with E-state index >= 15 is 0 Å². The highest BCUT2D eigenvalue weighted by Gasteiger charge is 2.26. The molecule has 3 N–H and O–H groups in total. The van der Waals surface area contributed by atoms with Crippen LogP contribution in [-0.2, 0) is 27.9 Å². The van der Waals surface area contributed by atoms with E-state index in [9.17, 15) is 19.4 Å². The number of carbonyl (C=O) groups is 1. The van der Waals surface area contributed by atoms with Gasteiger partial charge in [-0.05, 0) is 89.9 Å². The van der Waals surface area contributed by atoms with Crippen molar-refractivity contribution >= 4 is 13.8 Å². The number of unbranched alkanes of at least 4 members (excludes halogenated alkanes) is 13. The summed E-state index contributed by atoms with van der Waals surface area (Å²) in [5.74, 6) is -0.407. The molecule has 0 saturated carbocycles. The summed E-state index contributed by atoms with van der Waals surface area (Å²) >= 11 is 0. The van der Waals surface area contributed by atoms with Crippen LogP contribution in [0.1, 0.15) is 168 Å². The smallest absolute Gasteiger partial charge is 0.457 e. The Hall–Kier alpha value is -2.62. The number of phosphoric acid groups is 1. The van der Waals surface area contributed by atoms with Crippen LogP contribution in [0.25, 0.3) is 0 Å². The Morgan fingerprint density at radius 1 is 0.517 bits per heavy atom. The molecule has 0 aliphatic heterocycles. The molecule has 0 amide bonds. The summed E-state index contributed by atoms with van der Waals surface area (Å²) in [6, 6.07) is 0. The van der Waals surface area contributed by atoms with E-state index in [0.717, 1.165) is 109 Å². The Balaban J connectivity index is 4.16. The van der Waals surface area contributed by atoms with Gasteiger partial charge in [-0.1, -0.05) is 169 Å². The average Bonchev–Trinajstić information content (AvgIpc) is 3.24. The predicted molar refractivity (Wildman–Crippen MR) is 251 cm³/mol. The average molecular weight is 861 g/mol. The number of esters is 1. The second-order valence-corrected chi connectivity index (χ2v) is 16.5. The van der Waals surface area contributed by atoms with Gasteiger partial charge in [0.25, 0.3) is 0 Å². The molecule has 344 valence electrons. The molecule has 0 aromatic heterocycles. The second-order valence-electron chi connectivity index (χ2n) is 15.0. The third kappa shape index (κ3) is 44.9. The van der Waals surface area contributed by atoms with Gasteiger partial charge in [0.15, 0.2) is 0 Å². The number of allylic oxidation sites excluding steroid dienone is 16. The van der Waals surface area contributed by atoms with Crippen molar-refractivity contribution in [3.05, 3.63) is 97.2 Å². The molecule has 0 radical (unpaired) electrons. The van der Waals surface area contributed by atoms with Crippen LogP contribution in [-0.4, -0.2) is 66.3 Å². The van der Waals surface area contributed by atoms with Crippen LogP contribution >= 0.6 is 7.82 Å². The quantitative estimate of drug-likeness (QED) is 0.0237. The molecule has 10 heteroatoms. The SMILES string of the molecule is CC/C=C\C/C=C\C/C=C\C/C=C\C/C=C\CCCCCCCCCCOCC(COP(=O)(O)OCC(O)CO)OC(=O)CCCCCCC/C=C\C/C=C\C/C=C\CC. The van der Waals surface area contributed by atoms with Crippen LogP contribution in [0.2, 0.25) is 0 Å². The lowest BCUT2D eigenvalue weighted by molar-refractivity contribution is -0.154. The standard InChI is InChI=1S/C50H85O9P/c1-3-5-7-9-11-13-15-17-19-20-21-22-23-24-25-26-27-29-31-33-35-37-39-41-43-56-46-49(47-58-60(54,55)57-45-48(52)44-51)59-50(53)42-40-38-36-34-32-30-28-18-16-14-12-10-8-6-4-2/h5-8,11-14,17-19,21-22,24-25,28,48-49,51-52H,3-4,9-10,15-16,20,23,26-27,29-47H2,1-2H3,(H,54,55)/b7-5-,8-6-,13-11-,14-12-,19-17-,22-21-,25-24-,28-18-. The first kappa shape index (κ1) is 57.4. The van der Waals surface area contributed by atoms with Gasteiger partial charge in [0.1, 0.15) is 12.2 Å². The lowest BCUT2D eigenvalue weighted by atomic mass is 10.1. The summed E-state index contributed by atoms with van der Waals surface area (Å²) < 4.78 is 33.4. The fourth-order valence-corrected chi connectivity index (χ4v) is 6.60. The van der Waals surface area contributed by atoms with Crippen molar-refractivity contribution in [2.45, 2.75) is 180 Å². The number of rotatable bonds is 43. The first-order valence-corrected chi connectivity index (χ1v) is 24.7. The maximum Gasteiger partial charge on any atom is 0.472 e. The van der Waals surface area contributed by atoms with E-state index in [1.165, 1.54) is 32.1 Å². The Bertz CT molecular complexity index is 1250. The molecule has 0 aromatic carbocycles. The fourth-order valence-electron chi connectivity index (χ4n) is 5.81. The molecule has 0 rings (SSSR count). The van der Waals surface area contributed by atoms with Gasteiger partial charge in [-0.25, -0.2) is 4.57 Å². The zero-order valence-corrected chi connectivity index (χ0v) is 38.5. The van der Waals surface area contributed by atoms with Gasteiger partial charge >= 0.3 is 13.8 Å². The maximum atomic E-state index is 12.6. The highest BCUT2D eigenvalue weighted by molar-refractivity contribution is 7.47. The second kappa shape index (κ2) is 45.9. The van der Waals surface area contributed by atoms with Gasteiger partial charge in [-0.2, -0.15) is 0 Å². The van der Waals surface area contributed by atoms with Gasteiger partial charge in [0.2, 0.25) is 0 Å². The molecule has 0 fully saturated rings. The number of aliphatic hydroxyl groups excluding tert-OH is 2. The minimum Gasteiger partial charge on any atom is -0.457 e. The number of hydrogen-bond donors (Lipinski definition) is 3. The molecule has 0 aliphatic rings. The Morgan fingerprint density at radius 2 is 0.900 bits per heavy atom. The summed E-state index contributed by atoms with van der Waals surface area (Å²) in [4.78, 5) is 22.6. The lowest BCUT2D eigenvalue weighted by Crippen LogP contribution is -2.29. The molecule has 0 heterocycles. The third-order valence-corrected chi connectivity index (χ3v) is 10.2. The Labute approximate surface area is 366 Å². The number of carbonyl (C=O) groups excluding carboxylic acids is 1. The topological polar surface area (TPSA) is 132 Å². The summed E-state index contributed by atoms with van der Waals surface area (Å²) in [5.41, 5.74) is 0. The molecular weight excluding hydrogens is 776 g/mol. The van der Waals surface area contributed by atoms with Crippen LogP contribution in [0, 0.1) is 0 Å². The molecule has 0 saturated heterocycles. The largest absolute Gasteiger partial charge is 0.472 e. The fraction of sp³-hybridized carbons (Fsp3) is 0.660. The van der Waals surface area contributed by atoms with Crippen molar-refractivity contribution in [3.63, 3.8) is 0 Å². The number of aliphatic hydroxyl groups is 2. The van der Waals surface area contributed by atoms with E-state index in [0.29, 0.717) is 13.0 Å². The predicted octanol–water partition coefficient (Wildman–Crippen LogP) is 13.3. The van der Waals surface area contributed by atoms with E-state index in [2.05, 4.69) is 111 Å². The van der Waals surface area contributed by atoms with Gasteiger partial charge in [0, 0.05) is 13.0 Å². The monoisotopic (exact) mass is 861 g/mol. The first-order chi connectivity index (χ1) is 29.3. The van der Waals surface area contributed by atoms with Crippen molar-refractivity contribution in [3.8, 4) is 0 Å². The van der Waals surface area contributed by atoms with E-state index < -0.39 is 45.8 Å². The highest BCUT2D eigenvalue weighted by atomic mass is 31.2. The summed E-state index contributed by atoms with van der Waals surface area (Å²) in [7, 11) is -4.53. The van der Waals surface area contributed by atoms with Crippen LogP contribution in [0.3, 0.4) is 0 Å². The summed E-state index contributed by atoms with van der Waals surface area (Å²) in [6.07, 6.45) is 58.0. The number of phosphoric ester groups is 1. The van der Waals surface area contributed by atoms with E-state index in [1.54, 1.807) is 0 Å². The molecule has 3 atom stereocenters. The molecule has 0 aromatic rings. The van der Waals surface area contributed by atoms with Crippen molar-refractivity contribution < 1.29 is 43.0 Å². The van der Waals surface area contributed by atoms with Gasteiger partial charge in [-0.3, -0.25) is 13.8 Å². The first-order valence-electron chi connectivity index (χ1n) is 23.2. The van der Waals surface area contributed by atoms with E-state index in [1.807, 2.05) is 0 Å². The molecule has 0 aliphatic carbocycles. The molecule has 60 heavy (non-hydrogen) atoms. The molecule has 9 nitrogen and oxygen atoms in total. The third-order valence-electron chi connectivity index (χ3n) is 9.27. The van der Waals surface area contributed by atoms with Gasteiger partial charge < -0.3 is 24.6 Å². The number of hydrogen-bond acceptors (Lipinski definition) is 8. The Kier molecular flexibility index (Phi) is 43.9. The van der Waals surface area contributed by atoms with E-state index in [-0.39, 0.29) is 13.0 Å². The molecule has 3 unspecified atom stereocenters. The minimum atomic E-state index is -4.53. The summed E-state index contributed by atoms with van der Waals surface area (Å²) in [5, 5.41) is 18.4. The van der Waals surface area contributed by atoms with Crippen molar-refractivity contribution in [2.75, 3.05) is 33.0 Å². The minimum absolute atomic E-state index is 0.0299. The van der Waals surface area contributed by atoms with Crippen molar-refractivity contribution in [1.29, 1.82) is 0 Å². The molecule has 0 bridgehead atoms. The highest BCUT2D eigenvalue weighted by Crippen LogP contribution is 2.43. The van der Waals surface area contributed by atoms with Crippen molar-refractivity contribution in [1.82, 2.24) is 0 Å². The zero-order valence-electron chi connectivity index (χ0n) is 37.6. The van der Waals surface area contributed by atoms with Crippen molar-refractivity contribution in [2.24, 2.45) is 0 Å². The van der Waals surface area contributed by atoms with Gasteiger partial charge in [0.05, 0.1) is 26.4 Å². The van der Waals surface area contributed by atoms with E-state index in [4.69, 9.17) is 23.6 Å². The number of ether oxygens (including phenoxy) is 2. The zero-order chi connectivity index (χ0) is 43.9. The van der Waals surface area contributed by atoms with Crippen LogP contribution in [0.5, 0.6) is 0 Å². The molecule has 0 spiro atoms. The Morgan fingerprint density at radius 3 is 1.35 bits per heavy atom.